The Morgan fingerprint density at radius 1 is 1.03 bits per heavy atom. The Balaban J connectivity index is 2.25. The van der Waals surface area contributed by atoms with E-state index in [9.17, 15) is 0 Å². The summed E-state index contributed by atoms with van der Waals surface area (Å²) in [4.78, 5) is 0. The van der Waals surface area contributed by atoms with Crippen LogP contribution in [-0.4, -0.2) is 27.6 Å². The van der Waals surface area contributed by atoms with Crippen LogP contribution in [0.4, 0.5) is 0 Å². The first-order valence-corrected chi connectivity index (χ1v) is 12.3. The Bertz CT molecular complexity index is 732. The highest BCUT2D eigenvalue weighted by Crippen LogP contribution is 2.36. The normalized spacial score (nSPS) is 12.9. The predicted octanol–water partition coefficient (Wildman–Crippen LogP) is 4.94. The van der Waals surface area contributed by atoms with Gasteiger partial charge in [0, 0.05) is 13.0 Å². The van der Waals surface area contributed by atoms with Gasteiger partial charge in [0.15, 0.2) is 0 Å². The third kappa shape index (κ3) is 5.93. The fourth-order valence-electron chi connectivity index (χ4n) is 3.88. The standard InChI is InChI=1S/C26H34O2Si/c1-6-15-23(27-21-7-2)16-14-22-28-29(26(3,4)5,24-17-10-8-11-18-24)25-19-12-9-13-20-25/h1,7-13,17-20,23H,2,14-16,21-22H2,3-5H3/t23-/m1/s1. The molecule has 2 nitrogen and oxygen atoms in total. The van der Waals surface area contributed by atoms with Crippen molar-refractivity contribution < 1.29 is 9.16 Å². The van der Waals surface area contributed by atoms with Crippen LogP contribution >= 0.6 is 0 Å². The van der Waals surface area contributed by atoms with Gasteiger partial charge >= 0.3 is 0 Å². The lowest BCUT2D eigenvalue weighted by Gasteiger charge is -2.43. The van der Waals surface area contributed by atoms with Crippen molar-refractivity contribution in [2.75, 3.05) is 13.2 Å². The van der Waals surface area contributed by atoms with Gasteiger partial charge in [-0.1, -0.05) is 87.5 Å². The Kier molecular flexibility index (Phi) is 8.91. The third-order valence-electron chi connectivity index (χ3n) is 5.20. The minimum Gasteiger partial charge on any atom is -0.407 e. The first-order chi connectivity index (χ1) is 14.0. The van der Waals surface area contributed by atoms with Crippen molar-refractivity contribution in [1.82, 2.24) is 0 Å². The lowest BCUT2D eigenvalue weighted by molar-refractivity contribution is 0.0666. The van der Waals surface area contributed by atoms with Crippen LogP contribution in [0.2, 0.25) is 5.04 Å². The number of hydrogen-bond donors (Lipinski definition) is 0. The fourth-order valence-corrected chi connectivity index (χ4v) is 8.48. The highest BCUT2D eigenvalue weighted by Gasteiger charge is 2.49. The molecule has 0 saturated carbocycles. The van der Waals surface area contributed by atoms with Crippen LogP contribution in [0.5, 0.6) is 0 Å². The zero-order valence-corrected chi connectivity index (χ0v) is 19.1. The smallest absolute Gasteiger partial charge is 0.261 e. The summed E-state index contributed by atoms with van der Waals surface area (Å²) in [7, 11) is -2.46. The van der Waals surface area contributed by atoms with E-state index in [-0.39, 0.29) is 11.1 Å². The van der Waals surface area contributed by atoms with Gasteiger partial charge in [-0.3, -0.25) is 0 Å². The van der Waals surface area contributed by atoms with Gasteiger partial charge in [0.2, 0.25) is 0 Å². The third-order valence-corrected chi connectivity index (χ3v) is 10.2. The maximum atomic E-state index is 6.91. The molecule has 0 amide bonds. The van der Waals surface area contributed by atoms with Crippen LogP contribution in [-0.2, 0) is 9.16 Å². The molecule has 0 saturated heterocycles. The SMILES string of the molecule is C#CC[C@H](CCCO[Si](c1ccccc1)(c1ccccc1)C(C)(C)C)OCC=C. The number of ether oxygens (including phenoxy) is 1. The maximum absolute atomic E-state index is 6.91. The summed E-state index contributed by atoms with van der Waals surface area (Å²) in [5.74, 6) is 2.72. The monoisotopic (exact) mass is 406 g/mol. The van der Waals surface area contributed by atoms with Crippen LogP contribution in [0.25, 0.3) is 0 Å². The molecule has 0 aliphatic carbocycles. The summed E-state index contributed by atoms with van der Waals surface area (Å²) in [6.45, 7) is 11.8. The zero-order valence-electron chi connectivity index (χ0n) is 18.1. The van der Waals surface area contributed by atoms with E-state index in [2.05, 4.69) is 93.9 Å². The second-order valence-corrected chi connectivity index (χ2v) is 12.6. The lowest BCUT2D eigenvalue weighted by Crippen LogP contribution is -2.66. The van der Waals surface area contributed by atoms with E-state index < -0.39 is 8.32 Å². The van der Waals surface area contributed by atoms with Gasteiger partial charge in [0.25, 0.3) is 8.32 Å². The fraction of sp³-hybridized carbons (Fsp3) is 0.385. The summed E-state index contributed by atoms with van der Waals surface area (Å²) in [5, 5.41) is 2.61. The van der Waals surface area contributed by atoms with Crippen LogP contribution in [0.3, 0.4) is 0 Å². The molecule has 0 aromatic heterocycles. The molecule has 154 valence electrons. The molecule has 0 spiro atoms. The van der Waals surface area contributed by atoms with Crippen molar-refractivity contribution >= 4 is 18.7 Å². The van der Waals surface area contributed by atoms with E-state index in [1.807, 2.05) is 0 Å². The minimum atomic E-state index is -2.46. The van der Waals surface area contributed by atoms with Crippen molar-refractivity contribution in [3.8, 4) is 12.3 Å². The summed E-state index contributed by atoms with van der Waals surface area (Å²) in [5.41, 5.74) is 0. The van der Waals surface area contributed by atoms with Crippen LogP contribution in [0, 0.1) is 12.3 Å². The molecule has 1 atom stereocenters. The average Bonchev–Trinajstić information content (AvgIpc) is 2.72. The van der Waals surface area contributed by atoms with E-state index >= 15 is 0 Å². The Hall–Kier alpha value is -2.12. The van der Waals surface area contributed by atoms with E-state index in [1.54, 1.807) is 6.08 Å². The van der Waals surface area contributed by atoms with Crippen LogP contribution in [0.15, 0.2) is 73.3 Å². The number of benzene rings is 2. The Labute approximate surface area is 178 Å². The van der Waals surface area contributed by atoms with Crippen molar-refractivity contribution in [3.05, 3.63) is 73.3 Å². The first-order valence-electron chi connectivity index (χ1n) is 10.4. The summed E-state index contributed by atoms with van der Waals surface area (Å²) >= 11 is 0. The molecule has 0 unspecified atom stereocenters. The maximum Gasteiger partial charge on any atom is 0.261 e. The average molecular weight is 407 g/mol. The van der Waals surface area contributed by atoms with E-state index in [1.165, 1.54) is 10.4 Å². The molecule has 3 heteroatoms. The second-order valence-electron chi connectivity index (χ2n) is 8.31. The van der Waals surface area contributed by atoms with Crippen molar-refractivity contribution in [2.24, 2.45) is 0 Å². The number of terminal acetylenes is 1. The number of hydrogen-bond acceptors (Lipinski definition) is 2. The van der Waals surface area contributed by atoms with Gasteiger partial charge in [-0.15, -0.1) is 18.9 Å². The quantitative estimate of drug-likeness (QED) is 0.228. The number of rotatable bonds is 11. The van der Waals surface area contributed by atoms with Crippen LogP contribution < -0.4 is 10.4 Å². The molecule has 0 aliphatic heterocycles. The molecule has 2 aromatic rings. The molecular formula is C26H34O2Si. The van der Waals surface area contributed by atoms with Crippen molar-refractivity contribution in [2.45, 2.75) is 51.2 Å². The predicted molar refractivity (Wildman–Crippen MR) is 126 cm³/mol. The molecule has 0 aliphatic rings. The lowest BCUT2D eigenvalue weighted by atomic mass is 10.1. The Morgan fingerprint density at radius 2 is 1.59 bits per heavy atom. The summed E-state index contributed by atoms with van der Waals surface area (Å²) in [6.07, 6.45) is 9.74. The van der Waals surface area contributed by atoms with E-state index in [0.717, 1.165) is 12.8 Å². The van der Waals surface area contributed by atoms with Gasteiger partial charge in [-0.2, -0.15) is 0 Å². The van der Waals surface area contributed by atoms with Gasteiger partial charge < -0.3 is 9.16 Å². The summed E-state index contributed by atoms with van der Waals surface area (Å²) in [6, 6.07) is 21.5. The van der Waals surface area contributed by atoms with Crippen LogP contribution in [0.1, 0.15) is 40.0 Å². The minimum absolute atomic E-state index is 0.00668. The van der Waals surface area contributed by atoms with E-state index in [4.69, 9.17) is 15.6 Å². The zero-order chi connectivity index (χ0) is 21.2. The highest BCUT2D eigenvalue weighted by molar-refractivity contribution is 6.99. The molecule has 0 fully saturated rings. The van der Waals surface area contributed by atoms with Gasteiger partial charge in [-0.25, -0.2) is 0 Å². The van der Waals surface area contributed by atoms with Gasteiger partial charge in [0.1, 0.15) is 0 Å². The molecular weight excluding hydrogens is 372 g/mol. The first kappa shape index (κ1) is 23.2. The molecule has 0 heterocycles. The van der Waals surface area contributed by atoms with Gasteiger partial charge in [0.05, 0.1) is 12.7 Å². The second kappa shape index (κ2) is 11.2. The molecule has 2 aromatic carbocycles. The largest absolute Gasteiger partial charge is 0.407 e. The Morgan fingerprint density at radius 3 is 2.03 bits per heavy atom. The van der Waals surface area contributed by atoms with Gasteiger partial charge in [-0.05, 0) is 28.3 Å². The van der Waals surface area contributed by atoms with E-state index in [0.29, 0.717) is 19.6 Å². The molecule has 0 radical (unpaired) electrons. The molecule has 2 rings (SSSR count). The molecule has 0 bridgehead atoms. The summed E-state index contributed by atoms with van der Waals surface area (Å²) < 4.78 is 12.7. The topological polar surface area (TPSA) is 18.5 Å². The molecule has 0 N–H and O–H groups in total. The van der Waals surface area contributed by atoms with Crippen molar-refractivity contribution in [1.29, 1.82) is 0 Å². The molecule has 29 heavy (non-hydrogen) atoms. The highest BCUT2D eigenvalue weighted by atomic mass is 28.4. The van der Waals surface area contributed by atoms with Crippen molar-refractivity contribution in [3.63, 3.8) is 0 Å².